The lowest BCUT2D eigenvalue weighted by Crippen LogP contribution is -2.28. The van der Waals surface area contributed by atoms with E-state index >= 15 is 0 Å². The largest absolute Gasteiger partial charge is 0.464 e. The number of carbonyl (C=O) groups is 1. The van der Waals surface area contributed by atoms with Crippen LogP contribution in [0.5, 0.6) is 0 Å². The van der Waals surface area contributed by atoms with Gasteiger partial charge in [0, 0.05) is 0 Å². The predicted octanol–water partition coefficient (Wildman–Crippen LogP) is -0.489. The van der Waals surface area contributed by atoms with E-state index < -0.39 is 12.1 Å². The van der Waals surface area contributed by atoms with Crippen LogP contribution in [0, 0.1) is 6.92 Å². The van der Waals surface area contributed by atoms with Crippen LogP contribution >= 0.6 is 0 Å². The summed E-state index contributed by atoms with van der Waals surface area (Å²) in [4.78, 5) is 14.9. The third-order valence-electron chi connectivity index (χ3n) is 1.57. The van der Waals surface area contributed by atoms with Crippen LogP contribution < -0.4 is 0 Å². The topological polar surface area (TPSA) is 77.2 Å². The number of hydrogen-bond acceptors (Lipinski definition) is 5. The summed E-state index contributed by atoms with van der Waals surface area (Å²) in [6.07, 6.45) is 0.272. The highest BCUT2D eigenvalue weighted by molar-refractivity contribution is 5.74. The number of hydrogen-bond donors (Lipinski definition) is 1. The van der Waals surface area contributed by atoms with E-state index in [1.165, 1.54) is 11.0 Å². The van der Waals surface area contributed by atoms with E-state index in [0.717, 1.165) is 0 Å². The van der Waals surface area contributed by atoms with Crippen molar-refractivity contribution in [3.63, 3.8) is 0 Å². The van der Waals surface area contributed by atoms with Crippen LogP contribution in [-0.2, 0) is 16.1 Å². The SMILES string of the molecule is CCOC(=O)C(O)Cn1cnc(C)n1. The Bertz CT molecular complexity index is 311. The molecular formula is C8H13N3O3. The molecule has 14 heavy (non-hydrogen) atoms. The van der Waals surface area contributed by atoms with Crippen LogP contribution in [0.2, 0.25) is 0 Å². The molecule has 1 unspecified atom stereocenters. The van der Waals surface area contributed by atoms with E-state index in [4.69, 9.17) is 0 Å². The summed E-state index contributed by atoms with van der Waals surface area (Å²) in [5.41, 5.74) is 0. The Hall–Kier alpha value is -1.43. The van der Waals surface area contributed by atoms with Crippen molar-refractivity contribution < 1.29 is 14.6 Å². The molecule has 0 aliphatic rings. The first-order chi connectivity index (χ1) is 6.63. The summed E-state index contributed by atoms with van der Waals surface area (Å²) in [7, 11) is 0. The van der Waals surface area contributed by atoms with Crippen molar-refractivity contribution >= 4 is 5.97 Å². The molecule has 0 amide bonds. The van der Waals surface area contributed by atoms with Gasteiger partial charge < -0.3 is 9.84 Å². The average Bonchev–Trinajstić information content (AvgIpc) is 2.51. The smallest absolute Gasteiger partial charge is 0.336 e. The fourth-order valence-electron chi connectivity index (χ4n) is 0.966. The molecule has 1 rings (SSSR count). The minimum atomic E-state index is -1.18. The molecule has 1 heterocycles. The van der Waals surface area contributed by atoms with Crippen LogP contribution in [0.4, 0.5) is 0 Å². The molecule has 6 heteroatoms. The molecule has 0 saturated heterocycles. The van der Waals surface area contributed by atoms with Crippen LogP contribution in [0.15, 0.2) is 6.33 Å². The van der Waals surface area contributed by atoms with Gasteiger partial charge in [0.05, 0.1) is 13.2 Å². The number of aryl methyl sites for hydroxylation is 1. The number of aromatic nitrogens is 3. The maximum atomic E-state index is 11.0. The zero-order chi connectivity index (χ0) is 10.6. The lowest BCUT2D eigenvalue weighted by atomic mass is 10.3. The van der Waals surface area contributed by atoms with Gasteiger partial charge in [-0.25, -0.2) is 14.5 Å². The van der Waals surface area contributed by atoms with Gasteiger partial charge in [0.25, 0.3) is 0 Å². The number of aliphatic hydroxyl groups is 1. The number of rotatable bonds is 4. The average molecular weight is 199 g/mol. The Labute approximate surface area is 81.5 Å². The Morgan fingerprint density at radius 3 is 3.00 bits per heavy atom. The summed E-state index contributed by atoms with van der Waals surface area (Å²) in [5, 5.41) is 13.3. The summed E-state index contributed by atoms with van der Waals surface area (Å²) < 4.78 is 6.03. The molecule has 1 N–H and O–H groups in total. The highest BCUT2D eigenvalue weighted by Gasteiger charge is 2.16. The molecule has 0 fully saturated rings. The molecule has 6 nitrogen and oxygen atoms in total. The van der Waals surface area contributed by atoms with Gasteiger partial charge >= 0.3 is 5.97 Å². The van der Waals surface area contributed by atoms with E-state index in [1.807, 2.05) is 0 Å². The molecule has 0 bridgehead atoms. The van der Waals surface area contributed by atoms with Crippen molar-refractivity contribution in [3.8, 4) is 0 Å². The van der Waals surface area contributed by atoms with Crippen molar-refractivity contribution in [1.82, 2.24) is 14.8 Å². The van der Waals surface area contributed by atoms with Crippen molar-refractivity contribution in [2.45, 2.75) is 26.5 Å². The van der Waals surface area contributed by atoms with Crippen LogP contribution in [0.1, 0.15) is 12.7 Å². The monoisotopic (exact) mass is 199 g/mol. The second-order valence-corrected chi connectivity index (χ2v) is 2.78. The number of esters is 1. The van der Waals surface area contributed by atoms with Gasteiger partial charge in [-0.3, -0.25) is 0 Å². The zero-order valence-corrected chi connectivity index (χ0v) is 8.17. The number of nitrogens with zero attached hydrogens (tertiary/aromatic N) is 3. The Kier molecular flexibility index (Phi) is 3.58. The normalized spacial score (nSPS) is 12.5. The first-order valence-electron chi connectivity index (χ1n) is 4.34. The predicted molar refractivity (Wildman–Crippen MR) is 47.4 cm³/mol. The Balaban J connectivity index is 2.48. The number of carbonyl (C=O) groups excluding carboxylic acids is 1. The van der Waals surface area contributed by atoms with Gasteiger partial charge in [-0.05, 0) is 13.8 Å². The first-order valence-corrected chi connectivity index (χ1v) is 4.34. The van der Waals surface area contributed by atoms with Gasteiger partial charge in [0.2, 0.25) is 0 Å². The molecule has 0 spiro atoms. The van der Waals surface area contributed by atoms with Crippen molar-refractivity contribution in [2.75, 3.05) is 6.61 Å². The van der Waals surface area contributed by atoms with Crippen molar-refractivity contribution in [3.05, 3.63) is 12.2 Å². The summed E-state index contributed by atoms with van der Waals surface area (Å²) in [5.74, 6) is -0.0401. The summed E-state index contributed by atoms with van der Waals surface area (Å²) in [6, 6.07) is 0. The van der Waals surface area contributed by atoms with E-state index in [2.05, 4.69) is 14.8 Å². The van der Waals surface area contributed by atoms with E-state index in [1.54, 1.807) is 13.8 Å². The van der Waals surface area contributed by atoms with E-state index in [0.29, 0.717) is 5.82 Å². The standard InChI is InChI=1S/C8H13N3O3/c1-3-14-8(13)7(12)4-11-5-9-6(2)10-11/h5,7,12H,3-4H2,1-2H3. The quantitative estimate of drug-likeness (QED) is 0.662. The lowest BCUT2D eigenvalue weighted by molar-refractivity contribution is -0.153. The van der Waals surface area contributed by atoms with Crippen LogP contribution in [0.3, 0.4) is 0 Å². The maximum absolute atomic E-state index is 11.0. The minimum absolute atomic E-state index is 0.0691. The molecule has 0 aromatic carbocycles. The second-order valence-electron chi connectivity index (χ2n) is 2.78. The molecule has 1 aromatic rings. The molecule has 0 radical (unpaired) electrons. The fraction of sp³-hybridized carbons (Fsp3) is 0.625. The van der Waals surface area contributed by atoms with Crippen LogP contribution in [-0.4, -0.2) is 38.6 Å². The van der Waals surface area contributed by atoms with Gasteiger partial charge in [-0.1, -0.05) is 0 Å². The fourth-order valence-corrected chi connectivity index (χ4v) is 0.966. The Morgan fingerprint density at radius 2 is 2.50 bits per heavy atom. The molecular weight excluding hydrogens is 186 g/mol. The van der Waals surface area contributed by atoms with Crippen molar-refractivity contribution in [1.29, 1.82) is 0 Å². The molecule has 0 aliphatic carbocycles. The third kappa shape index (κ3) is 2.81. The van der Waals surface area contributed by atoms with Gasteiger partial charge in [-0.15, -0.1) is 0 Å². The minimum Gasteiger partial charge on any atom is -0.464 e. The molecule has 78 valence electrons. The van der Waals surface area contributed by atoms with Crippen molar-refractivity contribution in [2.24, 2.45) is 0 Å². The lowest BCUT2D eigenvalue weighted by Gasteiger charge is -2.08. The zero-order valence-electron chi connectivity index (χ0n) is 8.17. The Morgan fingerprint density at radius 1 is 1.79 bits per heavy atom. The van der Waals surface area contributed by atoms with Crippen LogP contribution in [0.25, 0.3) is 0 Å². The molecule has 1 atom stereocenters. The first kappa shape index (κ1) is 10.6. The summed E-state index contributed by atoms with van der Waals surface area (Å²) in [6.45, 7) is 3.74. The van der Waals surface area contributed by atoms with Gasteiger partial charge in [0.15, 0.2) is 6.10 Å². The second kappa shape index (κ2) is 4.71. The van der Waals surface area contributed by atoms with E-state index in [9.17, 15) is 9.90 Å². The number of aliphatic hydroxyl groups excluding tert-OH is 1. The molecule has 0 aliphatic heterocycles. The highest BCUT2D eigenvalue weighted by Crippen LogP contribution is 1.94. The maximum Gasteiger partial charge on any atom is 0.336 e. The molecule has 0 saturated carbocycles. The van der Waals surface area contributed by atoms with Gasteiger partial charge in [0.1, 0.15) is 12.2 Å². The number of ether oxygens (including phenoxy) is 1. The third-order valence-corrected chi connectivity index (χ3v) is 1.57. The van der Waals surface area contributed by atoms with E-state index in [-0.39, 0.29) is 13.2 Å². The van der Waals surface area contributed by atoms with Gasteiger partial charge in [-0.2, -0.15) is 5.10 Å². The summed E-state index contributed by atoms with van der Waals surface area (Å²) >= 11 is 0. The highest BCUT2D eigenvalue weighted by atomic mass is 16.5. The molecule has 1 aromatic heterocycles.